The molecule has 8 heteroatoms. The first kappa shape index (κ1) is 21.5. The van der Waals surface area contributed by atoms with Gasteiger partial charge in [0.05, 0.1) is 15.8 Å². The van der Waals surface area contributed by atoms with Crippen molar-refractivity contribution in [2.24, 2.45) is 0 Å². The predicted octanol–water partition coefficient (Wildman–Crippen LogP) is 3.48. The molecular formula is C22H22N2O5S. The van der Waals surface area contributed by atoms with Crippen LogP contribution in [-0.2, 0) is 14.8 Å². The molecule has 0 fully saturated rings. The van der Waals surface area contributed by atoms with E-state index in [1.165, 1.54) is 47.0 Å². The average Bonchev–Trinajstić information content (AvgIpc) is 2.74. The number of carbonyl (C=O) groups excluding carboxylic acids is 1. The second-order valence-corrected chi connectivity index (χ2v) is 8.39. The average molecular weight is 426 g/mol. The molecule has 0 aliphatic rings. The van der Waals surface area contributed by atoms with E-state index in [-0.39, 0.29) is 15.9 Å². The van der Waals surface area contributed by atoms with Crippen molar-refractivity contribution in [1.29, 1.82) is 0 Å². The van der Waals surface area contributed by atoms with E-state index in [2.05, 4.69) is 5.32 Å². The van der Waals surface area contributed by atoms with Crippen molar-refractivity contribution in [1.82, 2.24) is 4.31 Å². The lowest BCUT2D eigenvalue weighted by Gasteiger charge is -2.18. The molecule has 0 saturated carbocycles. The van der Waals surface area contributed by atoms with Gasteiger partial charge in [-0.1, -0.05) is 26.0 Å². The van der Waals surface area contributed by atoms with Crippen LogP contribution in [-0.4, -0.2) is 31.7 Å². The molecule has 30 heavy (non-hydrogen) atoms. The Morgan fingerprint density at radius 2 is 1.73 bits per heavy atom. The number of hydrogen-bond acceptors (Lipinski definition) is 5. The maximum Gasteiger partial charge on any atom is 0.248 e. The minimum Gasteiger partial charge on any atom is -0.463 e. The quantitative estimate of drug-likeness (QED) is 0.584. The molecule has 1 N–H and O–H groups in total. The third kappa shape index (κ3) is 4.50. The van der Waals surface area contributed by atoms with Crippen LogP contribution in [0.1, 0.15) is 19.4 Å². The zero-order valence-corrected chi connectivity index (χ0v) is 17.5. The van der Waals surface area contributed by atoms with E-state index in [0.29, 0.717) is 29.7 Å². The van der Waals surface area contributed by atoms with E-state index < -0.39 is 15.9 Å². The van der Waals surface area contributed by atoms with Crippen LogP contribution in [0.25, 0.3) is 17.0 Å². The number of amides is 1. The van der Waals surface area contributed by atoms with Crippen LogP contribution >= 0.6 is 0 Å². The van der Waals surface area contributed by atoms with Crippen LogP contribution in [0.15, 0.2) is 75.0 Å². The summed E-state index contributed by atoms with van der Waals surface area (Å²) in [5.74, 6) is -0.457. The Hall–Kier alpha value is -3.23. The third-order valence-corrected chi connectivity index (χ3v) is 6.65. The minimum absolute atomic E-state index is 0.161. The number of nitrogens with one attached hydrogen (secondary N) is 1. The molecule has 2 aromatic carbocycles. The van der Waals surface area contributed by atoms with Crippen LogP contribution < -0.4 is 10.7 Å². The van der Waals surface area contributed by atoms with Gasteiger partial charge in [-0.15, -0.1) is 0 Å². The summed E-state index contributed by atoms with van der Waals surface area (Å²) < 4.78 is 31.8. The summed E-state index contributed by atoms with van der Waals surface area (Å²) >= 11 is 0. The summed E-state index contributed by atoms with van der Waals surface area (Å²) in [4.78, 5) is 24.8. The standard InChI is InChI=1S/C22H22N2O5S/c1-3-24(4-2)30(27,28)18-12-10-17(11-13-18)23-21(25)14-9-16-15-29-20-8-6-5-7-19(20)22(16)26/h5-15H,3-4H2,1-2H3,(H,23,25)/b14-9+. The number of benzene rings is 2. The van der Waals surface area contributed by atoms with Gasteiger partial charge in [0.1, 0.15) is 11.8 Å². The monoisotopic (exact) mass is 426 g/mol. The molecule has 0 aliphatic heterocycles. The number of hydrogen-bond donors (Lipinski definition) is 1. The fourth-order valence-corrected chi connectivity index (χ4v) is 4.44. The van der Waals surface area contributed by atoms with E-state index in [9.17, 15) is 18.0 Å². The Kier molecular flexibility index (Phi) is 6.49. The van der Waals surface area contributed by atoms with Crippen LogP contribution in [0, 0.1) is 0 Å². The second kappa shape index (κ2) is 9.06. The summed E-state index contributed by atoms with van der Waals surface area (Å²) in [6.07, 6.45) is 3.91. The SMILES string of the molecule is CCN(CC)S(=O)(=O)c1ccc(NC(=O)/C=C/c2coc3ccccc3c2=O)cc1. The number of carbonyl (C=O) groups is 1. The van der Waals surface area contributed by atoms with Crippen molar-refractivity contribution >= 4 is 38.7 Å². The summed E-state index contributed by atoms with van der Waals surface area (Å²) in [7, 11) is -3.55. The number of rotatable bonds is 7. The maximum atomic E-state index is 12.5. The van der Waals surface area contributed by atoms with E-state index in [0.717, 1.165) is 0 Å². The van der Waals surface area contributed by atoms with Crippen molar-refractivity contribution in [3.05, 3.63) is 76.7 Å². The molecule has 7 nitrogen and oxygen atoms in total. The van der Waals surface area contributed by atoms with Gasteiger partial charge in [-0.3, -0.25) is 9.59 Å². The van der Waals surface area contributed by atoms with Gasteiger partial charge >= 0.3 is 0 Å². The van der Waals surface area contributed by atoms with Crippen LogP contribution in [0.5, 0.6) is 0 Å². The van der Waals surface area contributed by atoms with E-state index in [1.54, 1.807) is 38.1 Å². The zero-order chi connectivity index (χ0) is 21.7. The topological polar surface area (TPSA) is 96.7 Å². The van der Waals surface area contributed by atoms with Crippen LogP contribution in [0.3, 0.4) is 0 Å². The number of nitrogens with zero attached hydrogens (tertiary/aromatic N) is 1. The molecule has 0 saturated heterocycles. The molecule has 0 spiro atoms. The largest absolute Gasteiger partial charge is 0.463 e. The Bertz CT molecular complexity index is 1240. The predicted molar refractivity (Wildman–Crippen MR) is 117 cm³/mol. The molecule has 1 aromatic heterocycles. The molecule has 1 amide bonds. The maximum absolute atomic E-state index is 12.5. The highest BCUT2D eigenvalue weighted by Crippen LogP contribution is 2.18. The van der Waals surface area contributed by atoms with Crippen molar-refractivity contribution in [3.63, 3.8) is 0 Å². The Morgan fingerprint density at radius 1 is 1.07 bits per heavy atom. The molecule has 0 bridgehead atoms. The lowest BCUT2D eigenvalue weighted by Crippen LogP contribution is -2.30. The first-order valence-corrected chi connectivity index (χ1v) is 10.9. The molecule has 0 unspecified atom stereocenters. The highest BCUT2D eigenvalue weighted by Gasteiger charge is 2.21. The number of para-hydroxylation sites is 1. The lowest BCUT2D eigenvalue weighted by molar-refractivity contribution is -0.111. The fourth-order valence-electron chi connectivity index (χ4n) is 2.98. The third-order valence-electron chi connectivity index (χ3n) is 4.59. The first-order chi connectivity index (χ1) is 14.4. The van der Waals surface area contributed by atoms with Gasteiger partial charge in [0.25, 0.3) is 0 Å². The molecular weight excluding hydrogens is 404 g/mol. The lowest BCUT2D eigenvalue weighted by atomic mass is 10.1. The van der Waals surface area contributed by atoms with E-state index in [1.807, 2.05) is 0 Å². The van der Waals surface area contributed by atoms with Gasteiger partial charge < -0.3 is 9.73 Å². The summed E-state index contributed by atoms with van der Waals surface area (Å²) in [6, 6.07) is 12.8. The Labute approximate surface area is 174 Å². The highest BCUT2D eigenvalue weighted by molar-refractivity contribution is 7.89. The zero-order valence-electron chi connectivity index (χ0n) is 16.7. The second-order valence-electron chi connectivity index (χ2n) is 6.45. The van der Waals surface area contributed by atoms with Gasteiger partial charge in [-0.2, -0.15) is 4.31 Å². The summed E-state index contributed by atoms with van der Waals surface area (Å²) in [5, 5.41) is 3.07. The van der Waals surface area contributed by atoms with Gasteiger partial charge in [0, 0.05) is 24.9 Å². The molecule has 0 aliphatic carbocycles. The minimum atomic E-state index is -3.55. The van der Waals surface area contributed by atoms with Crippen molar-refractivity contribution in [3.8, 4) is 0 Å². The van der Waals surface area contributed by atoms with Crippen molar-refractivity contribution < 1.29 is 17.6 Å². The van der Waals surface area contributed by atoms with Crippen molar-refractivity contribution in [2.75, 3.05) is 18.4 Å². The molecule has 3 aromatic rings. The fraction of sp³-hybridized carbons (Fsp3) is 0.182. The van der Waals surface area contributed by atoms with Crippen LogP contribution in [0.4, 0.5) is 5.69 Å². The van der Waals surface area contributed by atoms with Crippen LogP contribution in [0.2, 0.25) is 0 Å². The summed E-state index contributed by atoms with van der Waals surface area (Å²) in [5.41, 5.74) is 0.939. The molecule has 1 heterocycles. The summed E-state index contributed by atoms with van der Waals surface area (Å²) in [6.45, 7) is 4.31. The van der Waals surface area contributed by atoms with Gasteiger partial charge in [-0.25, -0.2) is 8.42 Å². The Balaban J connectivity index is 1.72. The normalized spacial score (nSPS) is 12.0. The molecule has 0 radical (unpaired) electrons. The molecule has 0 atom stereocenters. The number of sulfonamides is 1. The number of fused-ring (bicyclic) bond motifs is 1. The van der Waals surface area contributed by atoms with Gasteiger partial charge in [0.15, 0.2) is 5.43 Å². The Morgan fingerprint density at radius 3 is 2.40 bits per heavy atom. The molecule has 3 rings (SSSR count). The first-order valence-electron chi connectivity index (χ1n) is 9.46. The van der Waals surface area contributed by atoms with E-state index in [4.69, 9.17) is 4.42 Å². The number of anilines is 1. The van der Waals surface area contributed by atoms with Crippen molar-refractivity contribution in [2.45, 2.75) is 18.7 Å². The van der Waals surface area contributed by atoms with Gasteiger partial charge in [-0.05, 0) is 42.5 Å². The smallest absolute Gasteiger partial charge is 0.248 e. The molecule has 156 valence electrons. The highest BCUT2D eigenvalue weighted by atomic mass is 32.2. The van der Waals surface area contributed by atoms with Gasteiger partial charge in [0.2, 0.25) is 15.9 Å². The van der Waals surface area contributed by atoms with E-state index >= 15 is 0 Å².